The zero-order valence-corrected chi connectivity index (χ0v) is 19.6. The molecule has 176 valence electrons. The third-order valence-electron chi connectivity index (χ3n) is 4.84. The Labute approximate surface area is 205 Å². The van der Waals surface area contributed by atoms with Crippen LogP contribution < -0.4 is 5.32 Å². The topological polar surface area (TPSA) is 111 Å². The van der Waals surface area contributed by atoms with Crippen molar-refractivity contribution in [2.24, 2.45) is 0 Å². The number of benzene rings is 2. The van der Waals surface area contributed by atoms with E-state index in [1.807, 2.05) is 6.07 Å². The quantitative estimate of drug-likeness (QED) is 0.205. The van der Waals surface area contributed by atoms with Crippen molar-refractivity contribution in [2.75, 3.05) is 11.9 Å². The summed E-state index contributed by atoms with van der Waals surface area (Å²) in [5.41, 5.74) is 2.14. The predicted molar refractivity (Wildman–Crippen MR) is 130 cm³/mol. The first-order valence-electron chi connectivity index (χ1n) is 10.7. The SMILES string of the molecule is Cc1cc(CSc2ncccc2C(=O)OCC(=O)Nc2ccccc2C(=O)c2ccccc2)no1. The molecule has 9 heteroatoms. The fourth-order valence-electron chi connectivity index (χ4n) is 3.22. The summed E-state index contributed by atoms with van der Waals surface area (Å²) in [6.45, 7) is 1.28. The molecule has 0 saturated heterocycles. The normalized spacial score (nSPS) is 10.5. The highest BCUT2D eigenvalue weighted by molar-refractivity contribution is 7.98. The van der Waals surface area contributed by atoms with E-state index >= 15 is 0 Å². The minimum Gasteiger partial charge on any atom is -0.452 e. The fraction of sp³-hybridized carbons (Fsp3) is 0.115. The maximum atomic E-state index is 12.8. The Morgan fingerprint density at radius 3 is 2.49 bits per heavy atom. The number of thioether (sulfide) groups is 1. The van der Waals surface area contributed by atoms with Crippen molar-refractivity contribution < 1.29 is 23.6 Å². The lowest BCUT2D eigenvalue weighted by molar-refractivity contribution is -0.119. The number of rotatable bonds is 9. The van der Waals surface area contributed by atoms with Gasteiger partial charge in [0, 0.05) is 29.1 Å². The highest BCUT2D eigenvalue weighted by Gasteiger charge is 2.18. The number of anilines is 1. The van der Waals surface area contributed by atoms with Crippen molar-refractivity contribution in [2.45, 2.75) is 17.7 Å². The smallest absolute Gasteiger partial charge is 0.341 e. The minimum absolute atomic E-state index is 0.224. The number of carbonyl (C=O) groups is 3. The van der Waals surface area contributed by atoms with Crippen LogP contribution in [0.1, 0.15) is 37.7 Å². The number of esters is 1. The molecule has 2 heterocycles. The van der Waals surface area contributed by atoms with E-state index in [2.05, 4.69) is 15.5 Å². The van der Waals surface area contributed by atoms with E-state index in [0.29, 0.717) is 33.4 Å². The highest BCUT2D eigenvalue weighted by Crippen LogP contribution is 2.25. The first-order chi connectivity index (χ1) is 17.0. The number of nitrogens with zero attached hydrogens (tertiary/aromatic N) is 2. The standard InChI is InChI=1S/C26H21N3O5S/c1-17-14-19(29-34-17)16-35-25-21(11-7-13-27-25)26(32)33-15-23(30)28-22-12-6-5-10-20(22)24(31)18-8-3-2-4-9-18/h2-14H,15-16H2,1H3,(H,28,30). The van der Waals surface area contributed by atoms with Crippen LogP contribution in [0.25, 0.3) is 0 Å². The lowest BCUT2D eigenvalue weighted by Gasteiger charge is -2.11. The molecule has 0 saturated carbocycles. The Balaban J connectivity index is 1.38. The fourth-order valence-corrected chi connectivity index (χ4v) is 4.08. The average molecular weight is 488 g/mol. The molecular weight excluding hydrogens is 466 g/mol. The molecule has 0 aliphatic heterocycles. The maximum absolute atomic E-state index is 12.8. The number of pyridine rings is 1. The number of carbonyl (C=O) groups excluding carboxylic acids is 3. The molecule has 4 rings (SSSR count). The van der Waals surface area contributed by atoms with Gasteiger partial charge in [-0.05, 0) is 31.2 Å². The van der Waals surface area contributed by atoms with E-state index in [-0.39, 0.29) is 11.3 Å². The van der Waals surface area contributed by atoms with Crippen molar-refractivity contribution in [3.63, 3.8) is 0 Å². The molecule has 35 heavy (non-hydrogen) atoms. The van der Waals surface area contributed by atoms with Gasteiger partial charge in [-0.3, -0.25) is 9.59 Å². The molecule has 0 bridgehead atoms. The van der Waals surface area contributed by atoms with Gasteiger partial charge in [-0.2, -0.15) is 0 Å². The molecular formula is C26H21N3O5S. The van der Waals surface area contributed by atoms with Gasteiger partial charge in [0.25, 0.3) is 5.91 Å². The molecule has 1 N–H and O–H groups in total. The van der Waals surface area contributed by atoms with Crippen LogP contribution in [0, 0.1) is 6.92 Å². The number of aromatic nitrogens is 2. The number of amides is 1. The largest absolute Gasteiger partial charge is 0.452 e. The monoisotopic (exact) mass is 487 g/mol. The van der Waals surface area contributed by atoms with E-state index in [9.17, 15) is 14.4 Å². The van der Waals surface area contributed by atoms with Gasteiger partial charge in [0.1, 0.15) is 10.8 Å². The van der Waals surface area contributed by atoms with Gasteiger partial charge in [-0.15, -0.1) is 0 Å². The van der Waals surface area contributed by atoms with Gasteiger partial charge < -0.3 is 14.6 Å². The summed E-state index contributed by atoms with van der Waals surface area (Å²) in [6.07, 6.45) is 1.57. The molecule has 0 atom stereocenters. The summed E-state index contributed by atoms with van der Waals surface area (Å²) < 4.78 is 10.3. The number of hydrogen-bond acceptors (Lipinski definition) is 8. The zero-order valence-electron chi connectivity index (χ0n) is 18.8. The van der Waals surface area contributed by atoms with Crippen molar-refractivity contribution in [1.82, 2.24) is 10.1 Å². The Morgan fingerprint density at radius 1 is 0.971 bits per heavy atom. The van der Waals surface area contributed by atoms with Crippen LogP contribution >= 0.6 is 11.8 Å². The molecule has 0 spiro atoms. The minimum atomic E-state index is -0.680. The van der Waals surface area contributed by atoms with Crippen LogP contribution in [-0.4, -0.2) is 34.4 Å². The molecule has 0 fully saturated rings. The van der Waals surface area contributed by atoms with E-state index in [1.54, 1.807) is 79.9 Å². The Morgan fingerprint density at radius 2 is 1.71 bits per heavy atom. The first kappa shape index (κ1) is 23.9. The maximum Gasteiger partial charge on any atom is 0.341 e. The van der Waals surface area contributed by atoms with Crippen LogP contribution in [0.4, 0.5) is 5.69 Å². The van der Waals surface area contributed by atoms with Crippen LogP contribution in [0.2, 0.25) is 0 Å². The second-order valence-electron chi connectivity index (χ2n) is 7.44. The van der Waals surface area contributed by atoms with E-state index < -0.39 is 18.5 Å². The molecule has 0 radical (unpaired) electrons. The summed E-state index contributed by atoms with van der Waals surface area (Å²) in [5, 5.41) is 7.04. The van der Waals surface area contributed by atoms with E-state index in [1.165, 1.54) is 11.8 Å². The molecule has 4 aromatic rings. The highest BCUT2D eigenvalue weighted by atomic mass is 32.2. The Kier molecular flexibility index (Phi) is 7.69. The number of nitrogens with one attached hydrogen (secondary N) is 1. The lowest BCUT2D eigenvalue weighted by Crippen LogP contribution is -2.22. The first-order valence-corrected chi connectivity index (χ1v) is 11.7. The zero-order chi connectivity index (χ0) is 24.6. The molecule has 8 nitrogen and oxygen atoms in total. The molecule has 0 aliphatic carbocycles. The van der Waals surface area contributed by atoms with Crippen LogP contribution in [-0.2, 0) is 15.3 Å². The molecule has 0 aliphatic rings. The Bertz CT molecular complexity index is 1350. The van der Waals surface area contributed by atoms with E-state index in [4.69, 9.17) is 9.26 Å². The molecule has 1 amide bonds. The number of para-hydroxylation sites is 1. The predicted octanol–water partition coefficient (Wildman–Crippen LogP) is 4.70. The molecule has 0 unspecified atom stereocenters. The number of aryl methyl sites for hydroxylation is 1. The third kappa shape index (κ3) is 6.21. The van der Waals surface area contributed by atoms with Gasteiger partial charge >= 0.3 is 5.97 Å². The summed E-state index contributed by atoms with van der Waals surface area (Å²) in [7, 11) is 0. The van der Waals surface area contributed by atoms with Crippen molar-refractivity contribution in [3.8, 4) is 0 Å². The summed E-state index contributed by atoms with van der Waals surface area (Å²) in [6, 6.07) is 20.4. The van der Waals surface area contributed by atoms with Gasteiger partial charge in [-0.1, -0.05) is 59.4 Å². The third-order valence-corrected chi connectivity index (χ3v) is 5.88. The summed E-state index contributed by atoms with van der Waals surface area (Å²) >= 11 is 1.31. The molecule has 2 aromatic heterocycles. The molecule has 2 aromatic carbocycles. The second-order valence-corrected chi connectivity index (χ2v) is 8.40. The van der Waals surface area contributed by atoms with Gasteiger partial charge in [-0.25, -0.2) is 9.78 Å². The van der Waals surface area contributed by atoms with Crippen molar-refractivity contribution >= 4 is 35.1 Å². The van der Waals surface area contributed by atoms with Crippen molar-refractivity contribution in [1.29, 1.82) is 0 Å². The van der Waals surface area contributed by atoms with Crippen molar-refractivity contribution in [3.05, 3.63) is 107 Å². The average Bonchev–Trinajstić information content (AvgIpc) is 3.31. The summed E-state index contributed by atoms with van der Waals surface area (Å²) in [4.78, 5) is 42.3. The Hall–Kier alpha value is -4.24. The van der Waals surface area contributed by atoms with E-state index in [0.717, 1.165) is 5.69 Å². The van der Waals surface area contributed by atoms with Crippen LogP contribution in [0.15, 0.2) is 88.5 Å². The number of hydrogen-bond donors (Lipinski definition) is 1. The van der Waals surface area contributed by atoms with Gasteiger partial charge in [0.15, 0.2) is 12.4 Å². The van der Waals surface area contributed by atoms with Crippen LogP contribution in [0.5, 0.6) is 0 Å². The van der Waals surface area contributed by atoms with Crippen LogP contribution in [0.3, 0.4) is 0 Å². The number of ketones is 1. The second kappa shape index (κ2) is 11.3. The van der Waals surface area contributed by atoms with Gasteiger partial charge in [0.05, 0.1) is 16.9 Å². The van der Waals surface area contributed by atoms with Gasteiger partial charge in [0.2, 0.25) is 0 Å². The number of ether oxygens (including phenoxy) is 1. The summed E-state index contributed by atoms with van der Waals surface area (Å²) in [5.74, 6) is -0.317. The lowest BCUT2D eigenvalue weighted by atomic mass is 10.0.